The van der Waals surface area contributed by atoms with Crippen LogP contribution in [0.5, 0.6) is 0 Å². The Morgan fingerprint density at radius 3 is 2.87 bits per heavy atom. The van der Waals surface area contributed by atoms with Gasteiger partial charge in [-0.1, -0.05) is 12.1 Å². The Kier molecular flexibility index (Phi) is 2.76. The number of rotatable bonds is 4. The zero-order valence-electron chi connectivity index (χ0n) is 8.83. The van der Waals surface area contributed by atoms with Crippen molar-refractivity contribution < 1.29 is 9.50 Å². The largest absolute Gasteiger partial charge is 0.387 e. The lowest BCUT2D eigenvalue weighted by Crippen LogP contribution is -2.31. The number of nitrogens with one attached hydrogen (secondary N) is 1. The number of benzene rings is 1. The molecule has 2 N–H and O–H groups in total. The van der Waals surface area contributed by atoms with Gasteiger partial charge in [-0.15, -0.1) is 0 Å². The van der Waals surface area contributed by atoms with Crippen molar-refractivity contribution in [2.45, 2.75) is 31.4 Å². The fraction of sp³-hybridized carbons (Fsp3) is 0.500. The van der Waals surface area contributed by atoms with Crippen molar-refractivity contribution in [3.05, 3.63) is 35.6 Å². The molecule has 1 fully saturated rings. The van der Waals surface area contributed by atoms with E-state index in [9.17, 15) is 9.50 Å². The highest BCUT2D eigenvalue weighted by molar-refractivity contribution is 5.19. The predicted molar refractivity (Wildman–Crippen MR) is 57.0 cm³/mol. The van der Waals surface area contributed by atoms with Gasteiger partial charge in [0.05, 0.1) is 6.10 Å². The summed E-state index contributed by atoms with van der Waals surface area (Å²) >= 11 is 0. The SMILES string of the molecule is CC1(NC[C@H](O)c2cccc(F)c2)CC1. The number of hydrogen-bond donors (Lipinski definition) is 2. The summed E-state index contributed by atoms with van der Waals surface area (Å²) in [7, 11) is 0. The summed E-state index contributed by atoms with van der Waals surface area (Å²) in [5, 5.41) is 13.1. The molecule has 0 spiro atoms. The average Bonchev–Trinajstić information content (AvgIpc) is 2.94. The van der Waals surface area contributed by atoms with Crippen LogP contribution in [0.4, 0.5) is 4.39 Å². The molecule has 1 aromatic carbocycles. The molecule has 0 bridgehead atoms. The van der Waals surface area contributed by atoms with Gasteiger partial charge >= 0.3 is 0 Å². The predicted octanol–water partition coefficient (Wildman–Crippen LogP) is 2.00. The van der Waals surface area contributed by atoms with Gasteiger partial charge in [-0.3, -0.25) is 0 Å². The van der Waals surface area contributed by atoms with Crippen molar-refractivity contribution in [3.8, 4) is 0 Å². The molecule has 0 unspecified atom stereocenters. The van der Waals surface area contributed by atoms with E-state index in [0.717, 1.165) is 12.8 Å². The van der Waals surface area contributed by atoms with E-state index in [-0.39, 0.29) is 11.4 Å². The van der Waals surface area contributed by atoms with E-state index >= 15 is 0 Å². The van der Waals surface area contributed by atoms with Gasteiger partial charge in [0, 0.05) is 12.1 Å². The standard InChI is InChI=1S/C12H16FNO/c1-12(5-6-12)14-8-11(15)9-3-2-4-10(13)7-9/h2-4,7,11,14-15H,5-6,8H2,1H3/t11-/m0/s1. The topological polar surface area (TPSA) is 32.3 Å². The van der Waals surface area contributed by atoms with Crippen molar-refractivity contribution in [2.24, 2.45) is 0 Å². The van der Waals surface area contributed by atoms with Crippen molar-refractivity contribution in [1.82, 2.24) is 5.32 Å². The van der Waals surface area contributed by atoms with Crippen molar-refractivity contribution in [3.63, 3.8) is 0 Å². The Balaban J connectivity index is 1.92. The third-order valence-electron chi connectivity index (χ3n) is 2.96. The highest BCUT2D eigenvalue weighted by atomic mass is 19.1. The van der Waals surface area contributed by atoms with E-state index in [1.54, 1.807) is 12.1 Å². The van der Waals surface area contributed by atoms with Crippen LogP contribution in [0.15, 0.2) is 24.3 Å². The lowest BCUT2D eigenvalue weighted by molar-refractivity contribution is 0.168. The zero-order valence-corrected chi connectivity index (χ0v) is 8.83. The van der Waals surface area contributed by atoms with Crippen LogP contribution in [0.25, 0.3) is 0 Å². The van der Waals surface area contributed by atoms with Crippen molar-refractivity contribution >= 4 is 0 Å². The van der Waals surface area contributed by atoms with Crippen LogP contribution >= 0.6 is 0 Å². The maximum atomic E-state index is 12.9. The fourth-order valence-corrected chi connectivity index (χ4v) is 1.54. The molecule has 0 amide bonds. The smallest absolute Gasteiger partial charge is 0.123 e. The maximum absolute atomic E-state index is 12.9. The lowest BCUT2D eigenvalue weighted by Gasteiger charge is -2.16. The van der Waals surface area contributed by atoms with E-state index in [1.807, 2.05) is 0 Å². The number of aliphatic hydroxyl groups excluding tert-OH is 1. The van der Waals surface area contributed by atoms with Crippen LogP contribution in [0.3, 0.4) is 0 Å². The first-order chi connectivity index (χ1) is 7.09. The molecule has 0 radical (unpaired) electrons. The maximum Gasteiger partial charge on any atom is 0.123 e. The van der Waals surface area contributed by atoms with Gasteiger partial charge in [0.15, 0.2) is 0 Å². The van der Waals surface area contributed by atoms with Gasteiger partial charge in [-0.05, 0) is 37.5 Å². The Labute approximate surface area is 89.1 Å². The molecule has 1 atom stereocenters. The Morgan fingerprint density at radius 1 is 1.53 bits per heavy atom. The Hall–Kier alpha value is -0.930. The van der Waals surface area contributed by atoms with Gasteiger partial charge < -0.3 is 10.4 Å². The summed E-state index contributed by atoms with van der Waals surface area (Å²) < 4.78 is 12.9. The van der Waals surface area contributed by atoms with E-state index in [4.69, 9.17) is 0 Å². The van der Waals surface area contributed by atoms with E-state index < -0.39 is 6.10 Å². The fourth-order valence-electron chi connectivity index (χ4n) is 1.54. The molecule has 0 aromatic heterocycles. The Bertz CT molecular complexity index is 349. The van der Waals surface area contributed by atoms with Crippen molar-refractivity contribution in [2.75, 3.05) is 6.54 Å². The molecular weight excluding hydrogens is 193 g/mol. The minimum absolute atomic E-state index is 0.203. The molecule has 3 heteroatoms. The lowest BCUT2D eigenvalue weighted by atomic mass is 10.1. The molecule has 82 valence electrons. The van der Waals surface area contributed by atoms with E-state index in [1.165, 1.54) is 12.1 Å². The summed E-state index contributed by atoms with van der Waals surface area (Å²) in [6.07, 6.45) is 1.68. The summed E-state index contributed by atoms with van der Waals surface area (Å²) in [5.74, 6) is -0.302. The van der Waals surface area contributed by atoms with E-state index in [0.29, 0.717) is 12.1 Å². The van der Waals surface area contributed by atoms with Crippen LogP contribution in [0.1, 0.15) is 31.4 Å². The minimum atomic E-state index is -0.627. The third-order valence-corrected chi connectivity index (χ3v) is 2.96. The van der Waals surface area contributed by atoms with Gasteiger partial charge in [0.1, 0.15) is 5.82 Å². The first-order valence-electron chi connectivity index (χ1n) is 5.28. The third kappa shape index (κ3) is 2.76. The van der Waals surface area contributed by atoms with Gasteiger partial charge in [0.2, 0.25) is 0 Å². The Morgan fingerprint density at radius 2 is 2.27 bits per heavy atom. The number of β-amino-alcohol motifs (C(OH)–C–C–N with tert-alkyl or cyclic N) is 1. The second kappa shape index (κ2) is 3.91. The average molecular weight is 209 g/mol. The molecule has 1 aromatic rings. The second-order valence-corrected chi connectivity index (χ2v) is 4.51. The van der Waals surface area contributed by atoms with Gasteiger partial charge in [-0.25, -0.2) is 4.39 Å². The molecule has 2 rings (SSSR count). The van der Waals surface area contributed by atoms with Crippen LogP contribution in [-0.4, -0.2) is 17.2 Å². The molecule has 0 heterocycles. The van der Waals surface area contributed by atoms with Crippen LogP contribution in [-0.2, 0) is 0 Å². The molecule has 15 heavy (non-hydrogen) atoms. The summed E-state index contributed by atoms with van der Waals surface area (Å²) in [6, 6.07) is 6.12. The monoisotopic (exact) mass is 209 g/mol. The first kappa shape index (κ1) is 10.6. The molecule has 1 aliphatic rings. The van der Waals surface area contributed by atoms with Crippen molar-refractivity contribution in [1.29, 1.82) is 0 Å². The van der Waals surface area contributed by atoms with Crippen LogP contribution < -0.4 is 5.32 Å². The minimum Gasteiger partial charge on any atom is -0.387 e. The van der Waals surface area contributed by atoms with Crippen LogP contribution in [0, 0.1) is 5.82 Å². The molecule has 0 saturated heterocycles. The summed E-state index contributed by atoms with van der Waals surface area (Å²) in [5.41, 5.74) is 0.834. The first-order valence-corrected chi connectivity index (χ1v) is 5.28. The second-order valence-electron chi connectivity index (χ2n) is 4.51. The molecular formula is C12H16FNO. The van der Waals surface area contributed by atoms with Gasteiger partial charge in [0.25, 0.3) is 0 Å². The summed E-state index contributed by atoms with van der Waals surface area (Å²) in [4.78, 5) is 0. The number of hydrogen-bond acceptors (Lipinski definition) is 2. The highest BCUT2D eigenvalue weighted by Gasteiger charge is 2.36. The molecule has 0 aliphatic heterocycles. The summed E-state index contributed by atoms with van der Waals surface area (Å²) in [6.45, 7) is 2.62. The quantitative estimate of drug-likeness (QED) is 0.795. The highest BCUT2D eigenvalue weighted by Crippen LogP contribution is 2.34. The number of aliphatic hydroxyl groups is 1. The molecule has 1 aliphatic carbocycles. The van der Waals surface area contributed by atoms with Gasteiger partial charge in [-0.2, -0.15) is 0 Å². The number of halogens is 1. The molecule has 1 saturated carbocycles. The van der Waals surface area contributed by atoms with Crippen LogP contribution in [0.2, 0.25) is 0 Å². The molecule has 2 nitrogen and oxygen atoms in total. The van der Waals surface area contributed by atoms with E-state index in [2.05, 4.69) is 12.2 Å². The normalized spacial score (nSPS) is 19.9. The zero-order chi connectivity index (χ0) is 10.9.